The van der Waals surface area contributed by atoms with E-state index in [1.165, 1.54) is 36.4 Å². The number of sulfonamides is 1. The predicted molar refractivity (Wildman–Crippen MR) is 112 cm³/mol. The van der Waals surface area contributed by atoms with E-state index in [0.717, 1.165) is 10.6 Å². The number of nitro benzene ring substituents is 1. The largest absolute Gasteiger partial charge is 0.271 e. The minimum atomic E-state index is -3.85. The average Bonchev–Trinajstić information content (AvgIpc) is 2.65. The van der Waals surface area contributed by atoms with Crippen molar-refractivity contribution < 1.29 is 18.1 Å². The van der Waals surface area contributed by atoms with Crippen molar-refractivity contribution in [3.05, 3.63) is 68.2 Å². The van der Waals surface area contributed by atoms with Crippen molar-refractivity contribution in [1.82, 2.24) is 5.43 Å². The first-order valence-corrected chi connectivity index (χ1v) is 10.6. The molecule has 2 aromatic carbocycles. The summed E-state index contributed by atoms with van der Waals surface area (Å²) < 4.78 is 25.1. The van der Waals surface area contributed by atoms with E-state index in [9.17, 15) is 23.3 Å². The summed E-state index contributed by atoms with van der Waals surface area (Å²) in [4.78, 5) is 22.6. The highest BCUT2D eigenvalue weighted by atomic mass is 35.5. The van der Waals surface area contributed by atoms with Gasteiger partial charge in [-0.05, 0) is 25.1 Å². The van der Waals surface area contributed by atoms with Gasteiger partial charge in [0, 0.05) is 22.7 Å². The number of carbonyl (C=O) groups excluding carboxylic acids is 1. The Morgan fingerprint density at radius 3 is 2.55 bits per heavy atom. The third-order valence-electron chi connectivity index (χ3n) is 3.69. The smallest absolute Gasteiger partial charge is 0.270 e. The number of nitrogens with zero attached hydrogens (tertiary/aromatic N) is 3. The fourth-order valence-corrected chi connectivity index (χ4v) is 3.58. The van der Waals surface area contributed by atoms with Gasteiger partial charge in [0.2, 0.25) is 10.0 Å². The molecule has 29 heavy (non-hydrogen) atoms. The molecule has 0 aliphatic heterocycles. The van der Waals surface area contributed by atoms with Crippen molar-refractivity contribution in [3.63, 3.8) is 0 Å². The average molecular weight is 459 g/mol. The maximum atomic E-state index is 12.3. The molecular formula is C17H16Cl2N4O5S. The number of benzene rings is 2. The highest BCUT2D eigenvalue weighted by Gasteiger charge is 2.23. The minimum absolute atomic E-state index is 0.0520. The normalized spacial score (nSPS) is 11.8. The Morgan fingerprint density at radius 1 is 1.24 bits per heavy atom. The van der Waals surface area contributed by atoms with E-state index >= 15 is 0 Å². The fourth-order valence-electron chi connectivity index (χ4n) is 2.28. The van der Waals surface area contributed by atoms with Crippen LogP contribution in [0, 0.1) is 10.1 Å². The first kappa shape index (κ1) is 22.6. The quantitative estimate of drug-likeness (QED) is 0.387. The third kappa shape index (κ3) is 6.14. The number of amides is 1. The van der Waals surface area contributed by atoms with Gasteiger partial charge in [0.15, 0.2) is 0 Å². The van der Waals surface area contributed by atoms with Crippen LogP contribution in [0.15, 0.2) is 47.6 Å². The van der Waals surface area contributed by atoms with Crippen LogP contribution >= 0.6 is 23.2 Å². The molecule has 1 N–H and O–H groups in total. The number of anilines is 1. The molecular weight excluding hydrogens is 443 g/mol. The first-order valence-electron chi connectivity index (χ1n) is 8.00. The number of rotatable bonds is 7. The molecule has 0 heterocycles. The standard InChI is InChI=1S/C17H16Cl2N4O5S/c1-11(12-4-3-5-14(8-12)23(25)26)20-21-17(24)10-22(29(2,27)28)16-9-13(18)6-7-15(16)19/h3-9H,10H2,1-2H3,(H,21,24)/b20-11-. The Kier molecular flexibility index (Phi) is 7.17. The van der Waals surface area contributed by atoms with Crippen molar-refractivity contribution in [1.29, 1.82) is 0 Å². The van der Waals surface area contributed by atoms with Crippen LogP contribution < -0.4 is 9.73 Å². The van der Waals surface area contributed by atoms with Crippen LogP contribution in [0.4, 0.5) is 11.4 Å². The second-order valence-electron chi connectivity index (χ2n) is 5.90. The lowest BCUT2D eigenvalue weighted by atomic mass is 10.1. The Bertz CT molecular complexity index is 1090. The molecule has 1 amide bonds. The number of hydrazone groups is 1. The Morgan fingerprint density at radius 2 is 1.93 bits per heavy atom. The summed E-state index contributed by atoms with van der Waals surface area (Å²) >= 11 is 12.0. The van der Waals surface area contributed by atoms with Crippen molar-refractivity contribution in [2.24, 2.45) is 5.10 Å². The van der Waals surface area contributed by atoms with Gasteiger partial charge in [-0.15, -0.1) is 0 Å². The molecule has 2 aromatic rings. The van der Waals surface area contributed by atoms with Crippen LogP contribution in [-0.4, -0.2) is 37.8 Å². The van der Waals surface area contributed by atoms with Crippen molar-refractivity contribution in [2.75, 3.05) is 17.1 Å². The van der Waals surface area contributed by atoms with Crippen LogP contribution in [-0.2, 0) is 14.8 Å². The number of nitro groups is 1. The summed E-state index contributed by atoms with van der Waals surface area (Å²) in [7, 11) is -3.85. The van der Waals surface area contributed by atoms with E-state index in [4.69, 9.17) is 23.2 Å². The summed E-state index contributed by atoms with van der Waals surface area (Å²) in [5.74, 6) is -0.740. The van der Waals surface area contributed by atoms with Gasteiger partial charge in [0.1, 0.15) is 6.54 Å². The molecule has 0 fully saturated rings. The van der Waals surface area contributed by atoms with E-state index in [0.29, 0.717) is 11.3 Å². The Labute approximate surface area is 177 Å². The molecule has 0 aromatic heterocycles. The van der Waals surface area contributed by atoms with E-state index in [1.807, 2.05) is 0 Å². The lowest BCUT2D eigenvalue weighted by molar-refractivity contribution is -0.384. The molecule has 0 saturated carbocycles. The van der Waals surface area contributed by atoms with Crippen LogP contribution in [0.2, 0.25) is 10.0 Å². The SMILES string of the molecule is C/C(=N/NC(=O)CN(c1cc(Cl)ccc1Cl)S(C)(=O)=O)c1cccc([N+](=O)[O-])c1. The van der Waals surface area contributed by atoms with E-state index < -0.39 is 27.4 Å². The molecule has 0 saturated heterocycles. The molecule has 12 heteroatoms. The zero-order valence-electron chi connectivity index (χ0n) is 15.3. The number of hydrogen-bond donors (Lipinski definition) is 1. The van der Waals surface area contributed by atoms with Crippen LogP contribution in [0.3, 0.4) is 0 Å². The monoisotopic (exact) mass is 458 g/mol. The van der Waals surface area contributed by atoms with Gasteiger partial charge in [0.25, 0.3) is 11.6 Å². The van der Waals surface area contributed by atoms with Gasteiger partial charge in [0.05, 0.1) is 27.6 Å². The van der Waals surface area contributed by atoms with Gasteiger partial charge >= 0.3 is 0 Å². The molecule has 154 valence electrons. The van der Waals surface area contributed by atoms with Gasteiger partial charge in [-0.1, -0.05) is 35.3 Å². The molecule has 0 aliphatic rings. The van der Waals surface area contributed by atoms with Gasteiger partial charge in [-0.3, -0.25) is 19.2 Å². The highest BCUT2D eigenvalue weighted by molar-refractivity contribution is 7.92. The maximum Gasteiger partial charge on any atom is 0.270 e. The van der Waals surface area contributed by atoms with Gasteiger partial charge < -0.3 is 0 Å². The second kappa shape index (κ2) is 9.21. The first-order chi connectivity index (χ1) is 13.5. The van der Waals surface area contributed by atoms with E-state index in [2.05, 4.69) is 10.5 Å². The topological polar surface area (TPSA) is 122 Å². The number of halogens is 2. The molecule has 2 rings (SSSR count). The molecule has 0 radical (unpaired) electrons. The number of nitrogens with one attached hydrogen (secondary N) is 1. The molecule has 0 atom stereocenters. The van der Waals surface area contributed by atoms with E-state index in [1.54, 1.807) is 13.0 Å². The molecule has 0 aliphatic carbocycles. The Balaban J connectivity index is 2.21. The third-order valence-corrected chi connectivity index (χ3v) is 5.37. The number of carbonyl (C=O) groups is 1. The Hall–Kier alpha value is -2.69. The van der Waals surface area contributed by atoms with Crippen molar-refractivity contribution in [2.45, 2.75) is 6.92 Å². The van der Waals surface area contributed by atoms with Crippen molar-refractivity contribution in [3.8, 4) is 0 Å². The van der Waals surface area contributed by atoms with Crippen LogP contribution in [0.1, 0.15) is 12.5 Å². The summed E-state index contributed by atoms with van der Waals surface area (Å²) in [6, 6.07) is 9.94. The molecule has 0 bridgehead atoms. The highest BCUT2D eigenvalue weighted by Crippen LogP contribution is 2.30. The summed E-state index contributed by atoms with van der Waals surface area (Å²) in [5.41, 5.74) is 2.89. The summed E-state index contributed by atoms with van der Waals surface area (Å²) in [5, 5.41) is 15.1. The zero-order valence-corrected chi connectivity index (χ0v) is 17.6. The van der Waals surface area contributed by atoms with Gasteiger partial charge in [-0.2, -0.15) is 5.10 Å². The van der Waals surface area contributed by atoms with E-state index in [-0.39, 0.29) is 21.4 Å². The number of non-ortho nitro benzene ring substituents is 1. The van der Waals surface area contributed by atoms with Crippen LogP contribution in [0.25, 0.3) is 0 Å². The maximum absolute atomic E-state index is 12.3. The summed E-state index contributed by atoms with van der Waals surface area (Å²) in [6.07, 6.45) is 0.926. The van der Waals surface area contributed by atoms with Crippen molar-refractivity contribution >= 4 is 56.2 Å². The predicted octanol–water partition coefficient (Wildman–Crippen LogP) is 3.21. The number of hydrogen-bond acceptors (Lipinski definition) is 6. The molecule has 9 nitrogen and oxygen atoms in total. The molecule has 0 unspecified atom stereocenters. The minimum Gasteiger partial charge on any atom is -0.271 e. The lowest BCUT2D eigenvalue weighted by Gasteiger charge is -2.22. The molecule has 0 spiro atoms. The zero-order chi connectivity index (χ0) is 21.8. The fraction of sp³-hybridized carbons (Fsp3) is 0.176. The van der Waals surface area contributed by atoms with Gasteiger partial charge in [-0.25, -0.2) is 13.8 Å². The van der Waals surface area contributed by atoms with Crippen LogP contribution in [0.5, 0.6) is 0 Å². The summed E-state index contributed by atoms with van der Waals surface area (Å²) in [6.45, 7) is 0.951. The second-order valence-corrected chi connectivity index (χ2v) is 8.66. The lowest BCUT2D eigenvalue weighted by Crippen LogP contribution is -2.39.